The highest BCUT2D eigenvalue weighted by molar-refractivity contribution is 5.76. The Morgan fingerprint density at radius 2 is 2.00 bits per heavy atom. The first-order chi connectivity index (χ1) is 8.71. The summed E-state index contributed by atoms with van der Waals surface area (Å²) in [5.74, 6) is 1.20. The summed E-state index contributed by atoms with van der Waals surface area (Å²) in [6.45, 7) is 4.56. The molecule has 0 spiro atoms. The monoisotopic (exact) mass is 242 g/mol. The molecule has 1 N–H and O–H groups in total. The number of hydrogen-bond acceptors (Lipinski definition) is 1. The summed E-state index contributed by atoms with van der Waals surface area (Å²) in [5, 5.41) is 0. The van der Waals surface area contributed by atoms with E-state index in [9.17, 15) is 0 Å². The number of hydrogen-bond donors (Lipinski definition) is 1. The van der Waals surface area contributed by atoms with E-state index >= 15 is 0 Å². The van der Waals surface area contributed by atoms with Crippen molar-refractivity contribution >= 4 is 11.0 Å². The number of nitrogens with one attached hydrogen (secondary N) is 1. The fourth-order valence-corrected chi connectivity index (χ4v) is 3.13. The molecule has 0 unspecified atom stereocenters. The SMILES string of the molecule is CCc1ccc2nc(C3(C)CCCCC3)[nH]c2c1. The maximum absolute atomic E-state index is 4.83. The number of aromatic amines is 1. The molecule has 1 aromatic heterocycles. The highest BCUT2D eigenvalue weighted by atomic mass is 14.9. The number of imidazole rings is 1. The lowest BCUT2D eigenvalue weighted by atomic mass is 9.75. The van der Waals surface area contributed by atoms with Crippen molar-refractivity contribution in [1.29, 1.82) is 0 Å². The van der Waals surface area contributed by atoms with Gasteiger partial charge in [0.15, 0.2) is 0 Å². The molecule has 1 aliphatic rings. The van der Waals surface area contributed by atoms with Gasteiger partial charge >= 0.3 is 0 Å². The molecule has 96 valence electrons. The predicted octanol–water partition coefficient (Wildman–Crippen LogP) is 4.35. The lowest BCUT2D eigenvalue weighted by Crippen LogP contribution is -2.26. The third-order valence-electron chi connectivity index (χ3n) is 4.48. The van der Waals surface area contributed by atoms with Crippen LogP contribution in [0.15, 0.2) is 18.2 Å². The number of aryl methyl sites for hydroxylation is 1. The van der Waals surface area contributed by atoms with Gasteiger partial charge in [0.25, 0.3) is 0 Å². The van der Waals surface area contributed by atoms with Crippen LogP contribution >= 0.6 is 0 Å². The molecule has 2 aromatic rings. The van der Waals surface area contributed by atoms with E-state index in [1.165, 1.54) is 49.0 Å². The Morgan fingerprint density at radius 1 is 1.22 bits per heavy atom. The second kappa shape index (κ2) is 4.42. The standard InChI is InChI=1S/C16H22N2/c1-3-12-7-8-13-14(11-12)18-15(17-13)16(2)9-5-4-6-10-16/h7-8,11H,3-6,9-10H2,1-2H3,(H,17,18). The van der Waals surface area contributed by atoms with E-state index in [-0.39, 0.29) is 5.41 Å². The Kier molecular flexibility index (Phi) is 2.89. The molecule has 0 aliphatic heterocycles. The van der Waals surface area contributed by atoms with Crippen molar-refractivity contribution in [3.05, 3.63) is 29.6 Å². The summed E-state index contributed by atoms with van der Waals surface area (Å²) in [7, 11) is 0. The molecule has 0 saturated heterocycles. The second-order valence-electron chi connectivity index (χ2n) is 5.91. The van der Waals surface area contributed by atoms with Gasteiger partial charge in [0.05, 0.1) is 11.0 Å². The van der Waals surface area contributed by atoms with Crippen molar-refractivity contribution in [2.24, 2.45) is 0 Å². The summed E-state index contributed by atoms with van der Waals surface area (Å²) in [5.41, 5.74) is 3.97. The van der Waals surface area contributed by atoms with Crippen LogP contribution < -0.4 is 0 Å². The van der Waals surface area contributed by atoms with Crippen LogP contribution in [0.1, 0.15) is 57.3 Å². The number of nitrogens with zero attached hydrogens (tertiary/aromatic N) is 1. The zero-order valence-electron chi connectivity index (χ0n) is 11.4. The van der Waals surface area contributed by atoms with Crippen LogP contribution in [0.5, 0.6) is 0 Å². The maximum atomic E-state index is 4.83. The van der Waals surface area contributed by atoms with Gasteiger partial charge in [0.2, 0.25) is 0 Å². The van der Waals surface area contributed by atoms with Crippen LogP contribution in [0, 0.1) is 0 Å². The molecule has 1 aromatic carbocycles. The first-order valence-corrected chi connectivity index (χ1v) is 7.20. The zero-order chi connectivity index (χ0) is 12.6. The molecule has 1 aliphatic carbocycles. The van der Waals surface area contributed by atoms with E-state index in [4.69, 9.17) is 4.98 Å². The Balaban J connectivity index is 2.02. The quantitative estimate of drug-likeness (QED) is 0.833. The van der Waals surface area contributed by atoms with Crippen molar-refractivity contribution in [2.75, 3.05) is 0 Å². The number of aromatic nitrogens is 2. The van der Waals surface area contributed by atoms with E-state index in [2.05, 4.69) is 37.0 Å². The van der Waals surface area contributed by atoms with Crippen molar-refractivity contribution in [3.63, 3.8) is 0 Å². The van der Waals surface area contributed by atoms with Gasteiger partial charge in [-0.1, -0.05) is 39.2 Å². The smallest absolute Gasteiger partial charge is 0.113 e. The van der Waals surface area contributed by atoms with Gasteiger partial charge in [-0.3, -0.25) is 0 Å². The van der Waals surface area contributed by atoms with Crippen LogP contribution in [0.2, 0.25) is 0 Å². The lowest BCUT2D eigenvalue weighted by Gasteiger charge is -2.31. The van der Waals surface area contributed by atoms with E-state index in [0.29, 0.717) is 0 Å². The van der Waals surface area contributed by atoms with E-state index < -0.39 is 0 Å². The lowest BCUT2D eigenvalue weighted by molar-refractivity contribution is 0.306. The third kappa shape index (κ3) is 1.94. The molecule has 0 atom stereocenters. The summed E-state index contributed by atoms with van der Waals surface area (Å²) in [6.07, 6.45) is 7.69. The van der Waals surface area contributed by atoms with E-state index in [1.54, 1.807) is 0 Å². The fraction of sp³-hybridized carbons (Fsp3) is 0.562. The number of fused-ring (bicyclic) bond motifs is 1. The van der Waals surface area contributed by atoms with Gasteiger partial charge in [-0.15, -0.1) is 0 Å². The molecule has 1 saturated carbocycles. The van der Waals surface area contributed by atoms with E-state index in [1.807, 2.05) is 0 Å². The van der Waals surface area contributed by atoms with Gasteiger partial charge in [-0.05, 0) is 37.0 Å². The van der Waals surface area contributed by atoms with Gasteiger partial charge < -0.3 is 4.98 Å². The molecule has 1 fully saturated rings. The molecule has 0 amide bonds. The average Bonchev–Trinajstić information content (AvgIpc) is 2.83. The first-order valence-electron chi connectivity index (χ1n) is 7.20. The molecule has 0 bridgehead atoms. The Labute approximate surface area is 109 Å². The van der Waals surface area contributed by atoms with Crippen LogP contribution in [-0.4, -0.2) is 9.97 Å². The Hall–Kier alpha value is -1.31. The van der Waals surface area contributed by atoms with Crippen molar-refractivity contribution < 1.29 is 0 Å². The van der Waals surface area contributed by atoms with Crippen LogP contribution in [0.4, 0.5) is 0 Å². The Morgan fingerprint density at radius 3 is 2.72 bits per heavy atom. The largest absolute Gasteiger partial charge is 0.342 e. The highest BCUT2D eigenvalue weighted by Crippen LogP contribution is 2.38. The topological polar surface area (TPSA) is 28.7 Å². The minimum Gasteiger partial charge on any atom is -0.342 e. The molecular formula is C16H22N2. The average molecular weight is 242 g/mol. The van der Waals surface area contributed by atoms with Gasteiger partial charge in [-0.25, -0.2) is 4.98 Å². The summed E-state index contributed by atoms with van der Waals surface area (Å²) in [6, 6.07) is 6.59. The molecule has 0 radical (unpaired) electrons. The predicted molar refractivity (Wildman–Crippen MR) is 75.9 cm³/mol. The van der Waals surface area contributed by atoms with Gasteiger partial charge in [0, 0.05) is 5.41 Å². The van der Waals surface area contributed by atoms with Crippen LogP contribution in [-0.2, 0) is 11.8 Å². The van der Waals surface area contributed by atoms with Gasteiger partial charge in [0.1, 0.15) is 5.82 Å². The number of benzene rings is 1. The molecule has 1 heterocycles. The number of rotatable bonds is 2. The Bertz CT molecular complexity index is 547. The summed E-state index contributed by atoms with van der Waals surface area (Å²) >= 11 is 0. The van der Waals surface area contributed by atoms with Crippen molar-refractivity contribution in [1.82, 2.24) is 9.97 Å². The zero-order valence-corrected chi connectivity index (χ0v) is 11.4. The second-order valence-corrected chi connectivity index (χ2v) is 5.91. The fourth-order valence-electron chi connectivity index (χ4n) is 3.13. The molecule has 18 heavy (non-hydrogen) atoms. The summed E-state index contributed by atoms with van der Waals surface area (Å²) < 4.78 is 0. The van der Waals surface area contributed by atoms with E-state index in [0.717, 1.165) is 11.9 Å². The maximum Gasteiger partial charge on any atom is 0.113 e. The molecule has 2 nitrogen and oxygen atoms in total. The summed E-state index contributed by atoms with van der Waals surface area (Å²) in [4.78, 5) is 8.40. The normalized spacial score (nSPS) is 19.2. The van der Waals surface area contributed by atoms with Crippen LogP contribution in [0.3, 0.4) is 0 Å². The third-order valence-corrected chi connectivity index (χ3v) is 4.48. The minimum absolute atomic E-state index is 0.268. The first kappa shape index (κ1) is 11.8. The number of H-pyrrole nitrogens is 1. The highest BCUT2D eigenvalue weighted by Gasteiger charge is 2.31. The van der Waals surface area contributed by atoms with Crippen LogP contribution in [0.25, 0.3) is 11.0 Å². The van der Waals surface area contributed by atoms with Crippen molar-refractivity contribution in [2.45, 2.75) is 57.8 Å². The van der Waals surface area contributed by atoms with Crippen molar-refractivity contribution in [3.8, 4) is 0 Å². The van der Waals surface area contributed by atoms with Gasteiger partial charge in [-0.2, -0.15) is 0 Å². The molecule has 3 rings (SSSR count). The molecule has 2 heteroatoms. The minimum atomic E-state index is 0.268. The molecular weight excluding hydrogens is 220 g/mol.